The Kier molecular flexibility index (Phi) is 2.70. The molecule has 13 heavy (non-hydrogen) atoms. The minimum atomic E-state index is -0.637. The first-order valence-corrected chi connectivity index (χ1v) is 3.62. The highest BCUT2D eigenvalue weighted by atomic mass is 19.1. The SMILES string of the molecule is COc1c(F)ccc(CC#N)c1O. The summed E-state index contributed by atoms with van der Waals surface area (Å²) in [6.45, 7) is 0. The summed E-state index contributed by atoms with van der Waals surface area (Å²) in [5, 5.41) is 17.8. The fourth-order valence-corrected chi connectivity index (χ4v) is 1.01. The Hall–Kier alpha value is -1.76. The maximum absolute atomic E-state index is 12.9. The third-order valence-corrected chi connectivity index (χ3v) is 1.64. The number of ether oxygens (including phenoxy) is 1. The molecular formula is C9H8FNO2. The number of hydrogen-bond donors (Lipinski definition) is 1. The van der Waals surface area contributed by atoms with E-state index in [-0.39, 0.29) is 17.9 Å². The summed E-state index contributed by atoms with van der Waals surface area (Å²) in [5.74, 6) is -1.15. The van der Waals surface area contributed by atoms with Crippen LogP contribution in [0.25, 0.3) is 0 Å². The van der Waals surface area contributed by atoms with Gasteiger partial charge < -0.3 is 9.84 Å². The van der Waals surface area contributed by atoms with Crippen molar-refractivity contribution >= 4 is 0 Å². The molecule has 0 radical (unpaired) electrons. The van der Waals surface area contributed by atoms with Crippen molar-refractivity contribution in [3.05, 3.63) is 23.5 Å². The Morgan fingerprint density at radius 2 is 2.31 bits per heavy atom. The van der Waals surface area contributed by atoms with Crippen LogP contribution in [0.15, 0.2) is 12.1 Å². The van der Waals surface area contributed by atoms with E-state index >= 15 is 0 Å². The molecular weight excluding hydrogens is 173 g/mol. The van der Waals surface area contributed by atoms with E-state index in [1.807, 2.05) is 6.07 Å². The van der Waals surface area contributed by atoms with Gasteiger partial charge in [-0.3, -0.25) is 0 Å². The number of benzene rings is 1. The lowest BCUT2D eigenvalue weighted by Gasteiger charge is -2.06. The van der Waals surface area contributed by atoms with Crippen molar-refractivity contribution in [2.24, 2.45) is 0 Å². The van der Waals surface area contributed by atoms with E-state index in [0.717, 1.165) is 6.07 Å². The van der Waals surface area contributed by atoms with E-state index in [0.29, 0.717) is 5.56 Å². The lowest BCUT2D eigenvalue weighted by molar-refractivity contribution is 0.349. The Balaban J connectivity index is 3.21. The summed E-state index contributed by atoms with van der Waals surface area (Å²) in [6.07, 6.45) is 0.0302. The van der Waals surface area contributed by atoms with Gasteiger partial charge in [0, 0.05) is 5.56 Å². The molecule has 4 heteroatoms. The van der Waals surface area contributed by atoms with Gasteiger partial charge >= 0.3 is 0 Å². The molecule has 1 aromatic carbocycles. The molecule has 0 unspecified atom stereocenters. The summed E-state index contributed by atoms with van der Waals surface area (Å²) >= 11 is 0. The van der Waals surface area contributed by atoms with Crippen LogP contribution in [-0.2, 0) is 6.42 Å². The van der Waals surface area contributed by atoms with E-state index in [9.17, 15) is 9.50 Å². The predicted octanol–water partition coefficient (Wildman–Crippen LogP) is 1.61. The van der Waals surface area contributed by atoms with Gasteiger partial charge in [-0.15, -0.1) is 0 Å². The van der Waals surface area contributed by atoms with Gasteiger partial charge in [0.25, 0.3) is 0 Å². The van der Waals surface area contributed by atoms with Gasteiger partial charge in [-0.05, 0) is 6.07 Å². The summed E-state index contributed by atoms with van der Waals surface area (Å²) in [5.41, 5.74) is 0.362. The Morgan fingerprint density at radius 1 is 1.62 bits per heavy atom. The zero-order chi connectivity index (χ0) is 9.84. The van der Waals surface area contributed by atoms with Crippen molar-refractivity contribution in [2.75, 3.05) is 7.11 Å². The maximum Gasteiger partial charge on any atom is 0.196 e. The molecule has 68 valence electrons. The van der Waals surface area contributed by atoms with E-state index < -0.39 is 5.82 Å². The van der Waals surface area contributed by atoms with Crippen molar-refractivity contribution in [2.45, 2.75) is 6.42 Å². The molecule has 0 spiro atoms. The zero-order valence-corrected chi connectivity index (χ0v) is 7.04. The Bertz CT molecular complexity index is 357. The smallest absolute Gasteiger partial charge is 0.196 e. The van der Waals surface area contributed by atoms with Crippen LogP contribution in [0.4, 0.5) is 4.39 Å². The van der Waals surface area contributed by atoms with Crippen LogP contribution in [0.3, 0.4) is 0 Å². The van der Waals surface area contributed by atoms with Gasteiger partial charge in [0.15, 0.2) is 17.3 Å². The van der Waals surface area contributed by atoms with Crippen molar-refractivity contribution < 1.29 is 14.2 Å². The van der Waals surface area contributed by atoms with Gasteiger partial charge in [-0.1, -0.05) is 6.07 Å². The van der Waals surface area contributed by atoms with Gasteiger partial charge in [-0.25, -0.2) is 4.39 Å². The summed E-state index contributed by atoms with van der Waals surface area (Å²) < 4.78 is 17.5. The van der Waals surface area contributed by atoms with Gasteiger partial charge in [0.2, 0.25) is 0 Å². The molecule has 0 saturated heterocycles. The molecule has 1 rings (SSSR count). The highest BCUT2D eigenvalue weighted by molar-refractivity contribution is 5.47. The van der Waals surface area contributed by atoms with Crippen molar-refractivity contribution in [1.82, 2.24) is 0 Å². The predicted molar refractivity (Wildman–Crippen MR) is 43.9 cm³/mol. The average molecular weight is 181 g/mol. The number of nitrogens with zero attached hydrogens (tertiary/aromatic N) is 1. The first-order valence-electron chi connectivity index (χ1n) is 3.62. The fourth-order valence-electron chi connectivity index (χ4n) is 1.01. The van der Waals surface area contributed by atoms with Crippen LogP contribution in [0.1, 0.15) is 5.56 Å². The van der Waals surface area contributed by atoms with Crippen molar-refractivity contribution in [3.63, 3.8) is 0 Å². The normalized spacial score (nSPS) is 9.31. The molecule has 3 nitrogen and oxygen atoms in total. The van der Waals surface area contributed by atoms with Gasteiger partial charge in [-0.2, -0.15) is 5.26 Å². The molecule has 0 heterocycles. The third kappa shape index (κ3) is 1.70. The highest BCUT2D eigenvalue weighted by Gasteiger charge is 2.12. The number of nitriles is 1. The number of aromatic hydroxyl groups is 1. The average Bonchev–Trinajstić information content (AvgIpc) is 2.11. The molecule has 0 amide bonds. The maximum atomic E-state index is 12.9. The Morgan fingerprint density at radius 3 is 2.85 bits per heavy atom. The van der Waals surface area contributed by atoms with Crippen molar-refractivity contribution in [1.29, 1.82) is 5.26 Å². The molecule has 1 N–H and O–H groups in total. The van der Waals surface area contributed by atoms with E-state index in [2.05, 4.69) is 4.74 Å². The van der Waals surface area contributed by atoms with E-state index in [4.69, 9.17) is 5.26 Å². The number of methoxy groups -OCH3 is 1. The molecule has 1 aromatic rings. The lowest BCUT2D eigenvalue weighted by Crippen LogP contribution is -1.92. The molecule has 0 aliphatic heterocycles. The van der Waals surface area contributed by atoms with Crippen LogP contribution in [-0.4, -0.2) is 12.2 Å². The molecule has 0 aliphatic carbocycles. The minimum absolute atomic E-state index is 0.0302. The van der Waals surface area contributed by atoms with Crippen LogP contribution in [0.2, 0.25) is 0 Å². The number of halogens is 1. The van der Waals surface area contributed by atoms with Crippen LogP contribution in [0.5, 0.6) is 11.5 Å². The summed E-state index contributed by atoms with van der Waals surface area (Å²) in [7, 11) is 1.26. The van der Waals surface area contributed by atoms with Crippen LogP contribution < -0.4 is 4.74 Å². The Labute approximate surface area is 75.0 Å². The van der Waals surface area contributed by atoms with Crippen LogP contribution in [0, 0.1) is 17.1 Å². The quantitative estimate of drug-likeness (QED) is 0.754. The largest absolute Gasteiger partial charge is 0.504 e. The lowest BCUT2D eigenvalue weighted by atomic mass is 10.1. The van der Waals surface area contributed by atoms with Gasteiger partial charge in [0.05, 0.1) is 19.6 Å². The topological polar surface area (TPSA) is 53.2 Å². The number of hydrogen-bond acceptors (Lipinski definition) is 3. The number of phenolic OH excluding ortho intramolecular Hbond substituents is 1. The van der Waals surface area contributed by atoms with Crippen molar-refractivity contribution in [3.8, 4) is 17.6 Å². The van der Waals surface area contributed by atoms with E-state index in [1.54, 1.807) is 0 Å². The molecule has 0 bridgehead atoms. The molecule has 0 atom stereocenters. The second kappa shape index (κ2) is 3.76. The number of phenols is 1. The first-order chi connectivity index (χ1) is 6.20. The standard InChI is InChI=1S/C9H8FNO2/c1-13-9-7(10)3-2-6(4-5-11)8(9)12/h2-3,12H,4H2,1H3. The zero-order valence-electron chi connectivity index (χ0n) is 7.04. The molecule has 0 aliphatic rings. The highest BCUT2D eigenvalue weighted by Crippen LogP contribution is 2.32. The first kappa shape index (κ1) is 9.33. The van der Waals surface area contributed by atoms with Crippen LogP contribution >= 0.6 is 0 Å². The third-order valence-electron chi connectivity index (χ3n) is 1.64. The molecule has 0 aromatic heterocycles. The second-order valence-corrected chi connectivity index (χ2v) is 2.42. The fraction of sp³-hybridized carbons (Fsp3) is 0.222. The van der Waals surface area contributed by atoms with Gasteiger partial charge in [0.1, 0.15) is 0 Å². The number of rotatable bonds is 2. The summed E-state index contributed by atoms with van der Waals surface area (Å²) in [4.78, 5) is 0. The minimum Gasteiger partial charge on any atom is -0.504 e. The monoisotopic (exact) mass is 181 g/mol. The summed E-state index contributed by atoms with van der Waals surface area (Å²) in [6, 6.07) is 4.37. The molecule has 0 saturated carbocycles. The second-order valence-electron chi connectivity index (χ2n) is 2.42. The van der Waals surface area contributed by atoms with E-state index in [1.165, 1.54) is 13.2 Å². The molecule has 0 fully saturated rings.